The third-order valence-electron chi connectivity index (χ3n) is 3.18. The van der Waals surface area contributed by atoms with Gasteiger partial charge in [-0.3, -0.25) is 4.79 Å². The SMILES string of the molecule is CC1(NC(=O)c2ncccc2N)CCCC1. The normalized spacial score (nSPS) is 18.3. The fourth-order valence-electron chi connectivity index (χ4n) is 2.22. The van der Waals surface area contributed by atoms with Gasteiger partial charge in [0.1, 0.15) is 0 Å². The number of pyridine rings is 1. The molecule has 1 heterocycles. The molecule has 1 saturated carbocycles. The van der Waals surface area contributed by atoms with Crippen molar-refractivity contribution < 1.29 is 4.79 Å². The lowest BCUT2D eigenvalue weighted by Gasteiger charge is -2.25. The number of aromatic nitrogens is 1. The maximum Gasteiger partial charge on any atom is 0.272 e. The smallest absolute Gasteiger partial charge is 0.272 e. The van der Waals surface area contributed by atoms with Crippen molar-refractivity contribution in [3.63, 3.8) is 0 Å². The molecule has 16 heavy (non-hydrogen) atoms. The van der Waals surface area contributed by atoms with Crippen LogP contribution in [0.15, 0.2) is 18.3 Å². The second kappa shape index (κ2) is 4.12. The van der Waals surface area contributed by atoms with Crippen LogP contribution in [0.5, 0.6) is 0 Å². The van der Waals surface area contributed by atoms with Crippen LogP contribution in [0.25, 0.3) is 0 Å². The predicted molar refractivity (Wildman–Crippen MR) is 63.0 cm³/mol. The highest BCUT2D eigenvalue weighted by molar-refractivity contribution is 5.97. The van der Waals surface area contributed by atoms with Gasteiger partial charge in [-0.2, -0.15) is 0 Å². The van der Waals surface area contributed by atoms with Gasteiger partial charge in [0.05, 0.1) is 5.69 Å². The molecule has 0 atom stereocenters. The van der Waals surface area contributed by atoms with Gasteiger partial charge in [0.15, 0.2) is 5.69 Å². The topological polar surface area (TPSA) is 68.0 Å². The highest BCUT2D eigenvalue weighted by Gasteiger charge is 2.31. The number of rotatable bonds is 2. The molecule has 0 bridgehead atoms. The third kappa shape index (κ3) is 2.15. The zero-order chi connectivity index (χ0) is 11.6. The van der Waals surface area contributed by atoms with Crippen molar-refractivity contribution in [2.24, 2.45) is 0 Å². The van der Waals surface area contributed by atoms with E-state index in [0.29, 0.717) is 11.4 Å². The summed E-state index contributed by atoms with van der Waals surface area (Å²) in [5.74, 6) is -0.164. The molecule has 0 unspecified atom stereocenters. The number of carbonyl (C=O) groups excluding carboxylic acids is 1. The number of nitrogens with one attached hydrogen (secondary N) is 1. The van der Waals surface area contributed by atoms with Crippen molar-refractivity contribution >= 4 is 11.6 Å². The lowest BCUT2D eigenvalue weighted by Crippen LogP contribution is -2.44. The van der Waals surface area contributed by atoms with Gasteiger partial charge in [-0.05, 0) is 31.9 Å². The van der Waals surface area contributed by atoms with Gasteiger partial charge in [-0.15, -0.1) is 0 Å². The van der Waals surface area contributed by atoms with E-state index in [1.54, 1.807) is 18.3 Å². The van der Waals surface area contributed by atoms with Crippen LogP contribution in [0, 0.1) is 0 Å². The number of anilines is 1. The molecular weight excluding hydrogens is 202 g/mol. The summed E-state index contributed by atoms with van der Waals surface area (Å²) < 4.78 is 0. The summed E-state index contributed by atoms with van der Waals surface area (Å²) in [5, 5.41) is 3.03. The quantitative estimate of drug-likeness (QED) is 0.796. The number of hydrogen-bond acceptors (Lipinski definition) is 3. The van der Waals surface area contributed by atoms with Crippen LogP contribution in [0.3, 0.4) is 0 Å². The maximum absolute atomic E-state index is 12.0. The van der Waals surface area contributed by atoms with Gasteiger partial charge in [0.25, 0.3) is 5.91 Å². The van der Waals surface area contributed by atoms with Crippen LogP contribution in [0.2, 0.25) is 0 Å². The molecule has 0 saturated heterocycles. The van der Waals surface area contributed by atoms with E-state index in [0.717, 1.165) is 12.8 Å². The fraction of sp³-hybridized carbons (Fsp3) is 0.500. The van der Waals surface area contributed by atoms with Crippen molar-refractivity contribution in [3.8, 4) is 0 Å². The highest BCUT2D eigenvalue weighted by Crippen LogP contribution is 2.29. The van der Waals surface area contributed by atoms with Crippen LogP contribution in [-0.4, -0.2) is 16.4 Å². The Morgan fingerprint density at radius 1 is 1.50 bits per heavy atom. The Kier molecular flexibility index (Phi) is 2.81. The van der Waals surface area contributed by atoms with E-state index in [-0.39, 0.29) is 11.4 Å². The Labute approximate surface area is 95.3 Å². The molecule has 1 fully saturated rings. The Morgan fingerprint density at radius 3 is 2.81 bits per heavy atom. The second-order valence-corrected chi connectivity index (χ2v) is 4.66. The number of nitrogens with zero attached hydrogens (tertiary/aromatic N) is 1. The Bertz CT molecular complexity index is 397. The minimum absolute atomic E-state index is 0.0823. The summed E-state index contributed by atoms with van der Waals surface area (Å²) in [6, 6.07) is 3.42. The van der Waals surface area contributed by atoms with Gasteiger partial charge in [0.2, 0.25) is 0 Å². The molecular formula is C12H17N3O. The Hall–Kier alpha value is -1.58. The van der Waals surface area contributed by atoms with Crippen molar-refractivity contribution in [2.75, 3.05) is 5.73 Å². The molecule has 1 aliphatic carbocycles. The molecule has 0 radical (unpaired) electrons. The minimum atomic E-state index is -0.164. The van der Waals surface area contributed by atoms with Crippen LogP contribution >= 0.6 is 0 Å². The summed E-state index contributed by atoms with van der Waals surface area (Å²) in [4.78, 5) is 16.0. The first kappa shape index (κ1) is 10.9. The minimum Gasteiger partial charge on any atom is -0.397 e. The average Bonchev–Trinajstić information content (AvgIpc) is 2.65. The molecule has 1 aromatic heterocycles. The summed E-state index contributed by atoms with van der Waals surface area (Å²) in [5.41, 5.74) is 6.39. The summed E-state index contributed by atoms with van der Waals surface area (Å²) in [6.07, 6.45) is 6.00. The first-order chi connectivity index (χ1) is 7.61. The highest BCUT2D eigenvalue weighted by atomic mass is 16.2. The fourth-order valence-corrected chi connectivity index (χ4v) is 2.22. The lowest BCUT2D eigenvalue weighted by atomic mass is 10.0. The number of hydrogen-bond donors (Lipinski definition) is 2. The summed E-state index contributed by atoms with van der Waals surface area (Å²) in [6.45, 7) is 2.08. The zero-order valence-electron chi connectivity index (χ0n) is 9.49. The number of amides is 1. The van der Waals surface area contributed by atoms with E-state index < -0.39 is 0 Å². The van der Waals surface area contributed by atoms with E-state index in [4.69, 9.17) is 5.73 Å². The van der Waals surface area contributed by atoms with Gasteiger partial charge in [0, 0.05) is 11.7 Å². The van der Waals surface area contributed by atoms with Crippen molar-refractivity contribution in [1.82, 2.24) is 10.3 Å². The molecule has 2 rings (SSSR count). The molecule has 4 heteroatoms. The van der Waals surface area contributed by atoms with Gasteiger partial charge in [-0.1, -0.05) is 12.8 Å². The molecule has 1 aromatic rings. The molecule has 1 amide bonds. The first-order valence-corrected chi connectivity index (χ1v) is 5.64. The molecule has 1 aliphatic rings. The average molecular weight is 219 g/mol. The summed E-state index contributed by atoms with van der Waals surface area (Å²) in [7, 11) is 0. The Morgan fingerprint density at radius 2 is 2.19 bits per heavy atom. The largest absolute Gasteiger partial charge is 0.397 e. The molecule has 0 aliphatic heterocycles. The monoisotopic (exact) mass is 219 g/mol. The third-order valence-corrected chi connectivity index (χ3v) is 3.18. The first-order valence-electron chi connectivity index (χ1n) is 5.64. The van der Waals surface area contributed by atoms with Crippen molar-refractivity contribution in [3.05, 3.63) is 24.0 Å². The van der Waals surface area contributed by atoms with Gasteiger partial charge >= 0.3 is 0 Å². The summed E-state index contributed by atoms with van der Waals surface area (Å²) >= 11 is 0. The zero-order valence-corrected chi connectivity index (χ0v) is 9.49. The lowest BCUT2D eigenvalue weighted by molar-refractivity contribution is 0.0904. The van der Waals surface area contributed by atoms with Crippen LogP contribution < -0.4 is 11.1 Å². The van der Waals surface area contributed by atoms with Crippen LogP contribution in [0.1, 0.15) is 43.1 Å². The van der Waals surface area contributed by atoms with E-state index in [9.17, 15) is 4.79 Å². The Balaban J connectivity index is 2.11. The maximum atomic E-state index is 12.0. The van der Waals surface area contributed by atoms with Crippen molar-refractivity contribution in [2.45, 2.75) is 38.1 Å². The van der Waals surface area contributed by atoms with E-state index in [1.165, 1.54) is 12.8 Å². The molecule has 0 aromatic carbocycles. The van der Waals surface area contributed by atoms with Gasteiger partial charge < -0.3 is 11.1 Å². The van der Waals surface area contributed by atoms with Crippen LogP contribution in [-0.2, 0) is 0 Å². The molecule has 3 N–H and O–H groups in total. The number of carbonyl (C=O) groups is 1. The molecule has 4 nitrogen and oxygen atoms in total. The molecule has 86 valence electrons. The molecule has 0 spiro atoms. The standard InChI is InChI=1S/C12H17N3O/c1-12(6-2-3-7-12)15-11(16)10-9(13)5-4-8-14-10/h4-5,8H,2-3,6-7,13H2,1H3,(H,15,16). The number of nitrogens with two attached hydrogens (primary N) is 1. The predicted octanol–water partition coefficient (Wildman–Crippen LogP) is 1.73. The van der Waals surface area contributed by atoms with Gasteiger partial charge in [-0.25, -0.2) is 4.98 Å². The second-order valence-electron chi connectivity index (χ2n) is 4.66. The van der Waals surface area contributed by atoms with E-state index in [2.05, 4.69) is 17.2 Å². The van der Waals surface area contributed by atoms with Crippen LogP contribution in [0.4, 0.5) is 5.69 Å². The van der Waals surface area contributed by atoms with Crippen molar-refractivity contribution in [1.29, 1.82) is 0 Å². The van der Waals surface area contributed by atoms with E-state index >= 15 is 0 Å². The number of nitrogen functional groups attached to an aromatic ring is 1. The van der Waals surface area contributed by atoms with E-state index in [1.807, 2.05) is 0 Å².